The molecule has 3 nitrogen and oxygen atoms in total. The summed E-state index contributed by atoms with van der Waals surface area (Å²) in [5, 5.41) is 9.27. The van der Waals surface area contributed by atoms with Gasteiger partial charge in [0.05, 0.1) is 5.56 Å². The van der Waals surface area contributed by atoms with Crippen molar-refractivity contribution in [2.24, 2.45) is 0 Å². The summed E-state index contributed by atoms with van der Waals surface area (Å²) in [6.45, 7) is 1.79. The number of nitrogens with zero attached hydrogens (tertiary/aromatic N) is 3. The van der Waals surface area contributed by atoms with Gasteiger partial charge in [0.2, 0.25) is 0 Å². The first-order valence-corrected chi connectivity index (χ1v) is 8.12. The van der Waals surface area contributed by atoms with Gasteiger partial charge in [-0.1, -0.05) is 30.7 Å². The summed E-state index contributed by atoms with van der Waals surface area (Å²) >= 11 is 6.69. The lowest BCUT2D eigenvalue weighted by Crippen LogP contribution is -2.34. The fourth-order valence-corrected chi connectivity index (χ4v) is 3.29. The van der Waals surface area contributed by atoms with Crippen LogP contribution in [0.3, 0.4) is 0 Å². The standard InChI is InChI=1S/C16H13ClF3N3S/c1-2-23(24-14-7-11(8-21)9-22-10-14)15(16(18,19)20)12-3-5-13(17)6-4-12/h3-7,9-10,15H,2H2,1H3. The van der Waals surface area contributed by atoms with Gasteiger partial charge < -0.3 is 0 Å². The molecule has 0 aliphatic heterocycles. The molecule has 1 unspecified atom stereocenters. The highest BCUT2D eigenvalue weighted by Gasteiger charge is 2.44. The minimum absolute atomic E-state index is 0.102. The second-order valence-electron chi connectivity index (χ2n) is 4.84. The number of aromatic nitrogens is 1. The Balaban J connectivity index is 2.35. The summed E-state index contributed by atoms with van der Waals surface area (Å²) in [6, 6.07) is 7.25. The lowest BCUT2D eigenvalue weighted by atomic mass is 10.1. The first-order chi connectivity index (χ1) is 11.3. The van der Waals surface area contributed by atoms with Gasteiger partial charge in [-0.15, -0.1) is 0 Å². The van der Waals surface area contributed by atoms with Crippen molar-refractivity contribution in [3.63, 3.8) is 0 Å². The maximum atomic E-state index is 13.6. The average Bonchev–Trinajstić information content (AvgIpc) is 2.55. The van der Waals surface area contributed by atoms with Crippen molar-refractivity contribution in [3.05, 3.63) is 58.9 Å². The van der Waals surface area contributed by atoms with Crippen LogP contribution >= 0.6 is 23.5 Å². The van der Waals surface area contributed by atoms with Crippen LogP contribution in [-0.2, 0) is 0 Å². The average molecular weight is 372 g/mol. The summed E-state index contributed by atoms with van der Waals surface area (Å²) in [6.07, 6.45) is -1.67. The van der Waals surface area contributed by atoms with Crippen molar-refractivity contribution in [2.75, 3.05) is 6.54 Å². The Hall–Kier alpha value is -1.75. The van der Waals surface area contributed by atoms with E-state index in [2.05, 4.69) is 4.98 Å². The first kappa shape index (κ1) is 18.6. The number of hydrogen-bond donors (Lipinski definition) is 0. The van der Waals surface area contributed by atoms with Crippen LogP contribution in [0.4, 0.5) is 13.2 Å². The molecule has 126 valence electrons. The number of hydrogen-bond acceptors (Lipinski definition) is 4. The molecule has 0 saturated carbocycles. The molecule has 0 N–H and O–H groups in total. The minimum atomic E-state index is -4.46. The van der Waals surface area contributed by atoms with E-state index in [0.29, 0.717) is 15.5 Å². The predicted molar refractivity (Wildman–Crippen MR) is 87.4 cm³/mol. The molecular formula is C16H13ClF3N3S. The van der Waals surface area contributed by atoms with Crippen molar-refractivity contribution in [1.29, 1.82) is 5.26 Å². The molecule has 0 saturated heterocycles. The summed E-state index contributed by atoms with van der Waals surface area (Å²) in [7, 11) is 0. The van der Waals surface area contributed by atoms with E-state index in [-0.39, 0.29) is 12.1 Å². The lowest BCUT2D eigenvalue weighted by molar-refractivity contribution is -0.172. The molecule has 0 aliphatic rings. The van der Waals surface area contributed by atoms with Crippen LogP contribution in [0.25, 0.3) is 0 Å². The third kappa shape index (κ3) is 4.63. The van der Waals surface area contributed by atoms with E-state index in [0.717, 1.165) is 11.9 Å². The normalized spacial score (nSPS) is 12.9. The maximum absolute atomic E-state index is 13.6. The van der Waals surface area contributed by atoms with E-state index in [9.17, 15) is 13.2 Å². The number of benzene rings is 1. The van der Waals surface area contributed by atoms with E-state index < -0.39 is 12.2 Å². The highest BCUT2D eigenvalue weighted by molar-refractivity contribution is 7.97. The fourth-order valence-electron chi connectivity index (χ4n) is 2.13. The third-order valence-corrected chi connectivity index (χ3v) is 4.55. The van der Waals surface area contributed by atoms with E-state index in [1.165, 1.54) is 47.0 Å². The number of rotatable bonds is 5. The van der Waals surface area contributed by atoms with Gasteiger partial charge in [0.1, 0.15) is 12.1 Å². The molecular weight excluding hydrogens is 359 g/mol. The molecule has 2 aromatic rings. The molecule has 0 fully saturated rings. The van der Waals surface area contributed by atoms with Gasteiger partial charge in [-0.25, -0.2) is 4.31 Å². The molecule has 0 radical (unpaired) electrons. The van der Waals surface area contributed by atoms with Crippen LogP contribution in [-0.4, -0.2) is 22.0 Å². The van der Waals surface area contributed by atoms with Gasteiger partial charge in [-0.05, 0) is 35.7 Å². The summed E-state index contributed by atoms with van der Waals surface area (Å²) < 4.78 is 42.1. The molecule has 1 aromatic carbocycles. The van der Waals surface area contributed by atoms with Crippen molar-refractivity contribution >= 4 is 23.5 Å². The Bertz CT molecular complexity index is 729. The fraction of sp³-hybridized carbons (Fsp3) is 0.250. The monoisotopic (exact) mass is 371 g/mol. The summed E-state index contributed by atoms with van der Waals surface area (Å²) in [5.74, 6) is 0. The topological polar surface area (TPSA) is 39.9 Å². The molecule has 1 aromatic heterocycles. The molecule has 0 spiro atoms. The van der Waals surface area contributed by atoms with E-state index in [4.69, 9.17) is 16.9 Å². The van der Waals surface area contributed by atoms with Crippen LogP contribution in [0.15, 0.2) is 47.6 Å². The van der Waals surface area contributed by atoms with Crippen LogP contribution in [0.1, 0.15) is 24.1 Å². The maximum Gasteiger partial charge on any atom is 0.408 e. The van der Waals surface area contributed by atoms with E-state index in [1.807, 2.05) is 6.07 Å². The van der Waals surface area contributed by atoms with E-state index >= 15 is 0 Å². The number of pyridine rings is 1. The Morgan fingerprint density at radius 3 is 2.50 bits per heavy atom. The van der Waals surface area contributed by atoms with Crippen LogP contribution in [0.2, 0.25) is 5.02 Å². The van der Waals surface area contributed by atoms with Crippen LogP contribution in [0, 0.1) is 11.3 Å². The summed E-state index contributed by atoms with van der Waals surface area (Å²) in [4.78, 5) is 4.35. The van der Waals surface area contributed by atoms with Gasteiger partial charge in [-0.2, -0.15) is 18.4 Å². The highest BCUT2D eigenvalue weighted by atomic mass is 35.5. The molecule has 24 heavy (non-hydrogen) atoms. The lowest BCUT2D eigenvalue weighted by Gasteiger charge is -2.31. The van der Waals surface area contributed by atoms with Crippen molar-refractivity contribution in [1.82, 2.24) is 9.29 Å². The van der Waals surface area contributed by atoms with Gasteiger partial charge >= 0.3 is 6.18 Å². The van der Waals surface area contributed by atoms with Crippen LogP contribution in [0.5, 0.6) is 0 Å². The van der Waals surface area contributed by atoms with Crippen molar-refractivity contribution in [2.45, 2.75) is 24.0 Å². The van der Waals surface area contributed by atoms with E-state index in [1.54, 1.807) is 6.92 Å². The van der Waals surface area contributed by atoms with Crippen LogP contribution < -0.4 is 0 Å². The molecule has 1 atom stereocenters. The second-order valence-corrected chi connectivity index (χ2v) is 6.40. The Labute approximate surface area is 147 Å². The molecule has 0 bridgehead atoms. The Kier molecular flexibility index (Phi) is 6.10. The number of halogens is 4. The molecule has 0 aliphatic carbocycles. The smallest absolute Gasteiger partial charge is 0.262 e. The van der Waals surface area contributed by atoms with Gasteiger partial charge in [-0.3, -0.25) is 4.98 Å². The minimum Gasteiger partial charge on any atom is -0.262 e. The Morgan fingerprint density at radius 2 is 1.96 bits per heavy atom. The summed E-state index contributed by atoms with van der Waals surface area (Å²) in [5.41, 5.74) is 0.400. The Morgan fingerprint density at radius 1 is 1.29 bits per heavy atom. The van der Waals surface area contributed by atoms with Gasteiger partial charge in [0, 0.05) is 28.9 Å². The molecule has 8 heteroatoms. The molecule has 1 heterocycles. The van der Waals surface area contributed by atoms with Gasteiger partial charge in [0.25, 0.3) is 0 Å². The zero-order valence-electron chi connectivity index (χ0n) is 12.6. The predicted octanol–water partition coefficient (Wildman–Crippen LogP) is 5.24. The number of nitriles is 1. The molecule has 2 rings (SSSR count). The highest BCUT2D eigenvalue weighted by Crippen LogP contribution is 2.42. The quantitative estimate of drug-likeness (QED) is 0.674. The zero-order valence-corrected chi connectivity index (χ0v) is 14.2. The molecule has 0 amide bonds. The number of alkyl halides is 3. The van der Waals surface area contributed by atoms with Gasteiger partial charge in [0.15, 0.2) is 0 Å². The van der Waals surface area contributed by atoms with Crippen molar-refractivity contribution in [3.8, 4) is 6.07 Å². The first-order valence-electron chi connectivity index (χ1n) is 6.97. The SMILES string of the molecule is CCN(Sc1cncc(C#N)c1)C(c1ccc(Cl)cc1)C(F)(F)F. The van der Waals surface area contributed by atoms with Crippen molar-refractivity contribution < 1.29 is 13.2 Å². The largest absolute Gasteiger partial charge is 0.408 e. The zero-order chi connectivity index (χ0) is 17.7. The third-order valence-electron chi connectivity index (χ3n) is 3.16. The second kappa shape index (κ2) is 7.88.